The number of nitrogens with zero attached hydrogens (tertiary/aromatic N) is 2. The second-order valence-electron chi connectivity index (χ2n) is 4.14. The Hall–Kier alpha value is -1.66. The van der Waals surface area contributed by atoms with Crippen molar-refractivity contribution in [2.45, 2.75) is 19.1 Å². The summed E-state index contributed by atoms with van der Waals surface area (Å²) in [5.41, 5.74) is 0.00171. The molecule has 18 heavy (non-hydrogen) atoms. The number of likely N-dealkylation sites (tertiary alicyclic amines) is 1. The van der Waals surface area contributed by atoms with Crippen LogP contribution in [-0.4, -0.2) is 57.9 Å². The number of aromatic nitrogens is 1. The lowest BCUT2D eigenvalue weighted by Gasteiger charge is -2.15. The van der Waals surface area contributed by atoms with Gasteiger partial charge in [-0.3, -0.25) is 4.79 Å². The number of ether oxygens (including phenoxy) is 1. The quantitative estimate of drug-likeness (QED) is 0.791. The van der Waals surface area contributed by atoms with Crippen LogP contribution in [0.1, 0.15) is 17.4 Å². The standard InChI is InChI=1S/C12H16N2O4/c1-2-18-10-7-14(6-9(10)16)12(17)11-8(15)4-3-5-13-11/h3-5,9-10,15-16H,2,6-7H2,1H3/t9-,10-/m0/s1. The van der Waals surface area contributed by atoms with E-state index < -0.39 is 12.0 Å². The van der Waals surface area contributed by atoms with E-state index in [0.29, 0.717) is 13.2 Å². The minimum absolute atomic E-state index is 0.00171. The van der Waals surface area contributed by atoms with Crippen LogP contribution in [0.25, 0.3) is 0 Å². The molecular formula is C12H16N2O4. The van der Waals surface area contributed by atoms with Gasteiger partial charge in [0.25, 0.3) is 5.91 Å². The molecule has 0 unspecified atom stereocenters. The van der Waals surface area contributed by atoms with Crippen LogP contribution >= 0.6 is 0 Å². The number of carbonyl (C=O) groups excluding carboxylic acids is 1. The summed E-state index contributed by atoms with van der Waals surface area (Å²) in [6.07, 6.45) is 0.379. The predicted molar refractivity (Wildman–Crippen MR) is 63.2 cm³/mol. The number of β-amino-alcohol motifs (C(OH)–C–C–N with tert-alkyl or cyclic N) is 1. The number of amides is 1. The maximum Gasteiger partial charge on any atom is 0.276 e. The molecule has 0 radical (unpaired) electrons. The average molecular weight is 252 g/mol. The highest BCUT2D eigenvalue weighted by Gasteiger charge is 2.35. The summed E-state index contributed by atoms with van der Waals surface area (Å²) in [5, 5.41) is 19.3. The molecule has 0 aliphatic carbocycles. The molecule has 98 valence electrons. The SMILES string of the molecule is CCO[C@H]1CN(C(=O)c2ncccc2O)C[C@@H]1O. The summed E-state index contributed by atoms with van der Waals surface area (Å²) in [6, 6.07) is 2.96. The van der Waals surface area contributed by atoms with E-state index in [0.717, 1.165) is 0 Å². The van der Waals surface area contributed by atoms with Gasteiger partial charge in [0.1, 0.15) is 11.9 Å². The summed E-state index contributed by atoms with van der Waals surface area (Å²) in [5.74, 6) is -0.550. The van der Waals surface area contributed by atoms with E-state index >= 15 is 0 Å². The van der Waals surface area contributed by atoms with Gasteiger partial charge < -0.3 is 19.8 Å². The fraction of sp³-hybridized carbons (Fsp3) is 0.500. The lowest BCUT2D eigenvalue weighted by atomic mass is 10.3. The van der Waals surface area contributed by atoms with Crippen LogP contribution in [-0.2, 0) is 4.74 Å². The maximum atomic E-state index is 12.1. The molecule has 1 aliphatic heterocycles. The molecule has 1 aromatic rings. The van der Waals surface area contributed by atoms with Crippen molar-refractivity contribution in [3.63, 3.8) is 0 Å². The lowest BCUT2D eigenvalue weighted by molar-refractivity contribution is -0.00237. The van der Waals surface area contributed by atoms with Crippen LogP contribution in [0.5, 0.6) is 5.75 Å². The van der Waals surface area contributed by atoms with E-state index in [1.807, 2.05) is 6.92 Å². The fourth-order valence-electron chi connectivity index (χ4n) is 2.01. The van der Waals surface area contributed by atoms with Crippen LogP contribution in [0, 0.1) is 0 Å². The van der Waals surface area contributed by atoms with Gasteiger partial charge in [0, 0.05) is 25.9 Å². The Kier molecular flexibility index (Phi) is 3.78. The van der Waals surface area contributed by atoms with Crippen molar-refractivity contribution in [1.82, 2.24) is 9.88 Å². The Labute approximate surface area is 105 Å². The topological polar surface area (TPSA) is 82.9 Å². The smallest absolute Gasteiger partial charge is 0.276 e. The Morgan fingerprint density at radius 1 is 1.61 bits per heavy atom. The molecule has 2 atom stereocenters. The Morgan fingerprint density at radius 3 is 3.06 bits per heavy atom. The van der Waals surface area contributed by atoms with Gasteiger partial charge in [-0.15, -0.1) is 0 Å². The molecule has 2 N–H and O–H groups in total. The van der Waals surface area contributed by atoms with Gasteiger partial charge in [-0.1, -0.05) is 0 Å². The minimum Gasteiger partial charge on any atom is -0.505 e. The van der Waals surface area contributed by atoms with E-state index in [1.165, 1.54) is 17.2 Å². The number of aliphatic hydroxyl groups excluding tert-OH is 1. The zero-order chi connectivity index (χ0) is 13.1. The first-order valence-electron chi connectivity index (χ1n) is 5.86. The molecule has 6 nitrogen and oxygen atoms in total. The van der Waals surface area contributed by atoms with Gasteiger partial charge in [-0.2, -0.15) is 0 Å². The number of hydrogen-bond acceptors (Lipinski definition) is 5. The molecule has 2 heterocycles. The average Bonchev–Trinajstić information content (AvgIpc) is 2.71. The number of aromatic hydroxyl groups is 1. The fourth-order valence-corrected chi connectivity index (χ4v) is 2.01. The number of rotatable bonds is 3. The van der Waals surface area contributed by atoms with Gasteiger partial charge in [0.2, 0.25) is 0 Å². The van der Waals surface area contributed by atoms with Crippen molar-refractivity contribution < 1.29 is 19.7 Å². The Bertz CT molecular complexity index is 438. The monoisotopic (exact) mass is 252 g/mol. The summed E-state index contributed by atoms with van der Waals surface area (Å²) in [6.45, 7) is 2.82. The van der Waals surface area contributed by atoms with Crippen molar-refractivity contribution in [3.05, 3.63) is 24.0 Å². The molecule has 0 spiro atoms. The van der Waals surface area contributed by atoms with Gasteiger partial charge in [0.05, 0.1) is 6.10 Å². The number of hydrogen-bond donors (Lipinski definition) is 2. The van der Waals surface area contributed by atoms with Gasteiger partial charge in [-0.25, -0.2) is 4.98 Å². The largest absolute Gasteiger partial charge is 0.505 e. The third kappa shape index (κ3) is 2.44. The molecule has 1 fully saturated rings. The van der Waals surface area contributed by atoms with Crippen molar-refractivity contribution in [2.75, 3.05) is 19.7 Å². The summed E-state index contributed by atoms with van der Waals surface area (Å²) in [4.78, 5) is 17.4. The maximum absolute atomic E-state index is 12.1. The van der Waals surface area contributed by atoms with E-state index in [1.54, 1.807) is 6.07 Å². The summed E-state index contributed by atoms with van der Waals surface area (Å²) in [7, 11) is 0. The van der Waals surface area contributed by atoms with Crippen molar-refractivity contribution in [2.24, 2.45) is 0 Å². The molecule has 1 aromatic heterocycles. The first-order chi connectivity index (χ1) is 8.63. The van der Waals surface area contributed by atoms with Crippen molar-refractivity contribution >= 4 is 5.91 Å². The molecule has 0 bridgehead atoms. The molecule has 0 saturated carbocycles. The zero-order valence-electron chi connectivity index (χ0n) is 10.1. The van der Waals surface area contributed by atoms with Crippen LogP contribution in [0.2, 0.25) is 0 Å². The minimum atomic E-state index is -0.695. The van der Waals surface area contributed by atoms with Gasteiger partial charge >= 0.3 is 0 Å². The van der Waals surface area contributed by atoms with Crippen LogP contribution in [0.3, 0.4) is 0 Å². The number of aliphatic hydroxyl groups is 1. The van der Waals surface area contributed by atoms with Crippen LogP contribution < -0.4 is 0 Å². The summed E-state index contributed by atoms with van der Waals surface area (Å²) < 4.78 is 5.33. The highest BCUT2D eigenvalue weighted by atomic mass is 16.5. The predicted octanol–water partition coefficient (Wildman–Crippen LogP) is 0.00900. The van der Waals surface area contributed by atoms with E-state index in [2.05, 4.69) is 4.98 Å². The molecule has 1 amide bonds. The third-order valence-electron chi connectivity index (χ3n) is 2.89. The third-order valence-corrected chi connectivity index (χ3v) is 2.89. The van der Waals surface area contributed by atoms with Crippen LogP contribution in [0.4, 0.5) is 0 Å². The molecular weight excluding hydrogens is 236 g/mol. The van der Waals surface area contributed by atoms with Crippen molar-refractivity contribution in [1.29, 1.82) is 0 Å². The van der Waals surface area contributed by atoms with E-state index in [4.69, 9.17) is 4.74 Å². The molecule has 6 heteroatoms. The van der Waals surface area contributed by atoms with Gasteiger partial charge in [0.15, 0.2) is 5.69 Å². The van der Waals surface area contributed by atoms with Gasteiger partial charge in [-0.05, 0) is 19.1 Å². The zero-order valence-corrected chi connectivity index (χ0v) is 10.1. The van der Waals surface area contributed by atoms with E-state index in [9.17, 15) is 15.0 Å². The Balaban J connectivity index is 2.10. The van der Waals surface area contributed by atoms with E-state index in [-0.39, 0.29) is 24.1 Å². The highest BCUT2D eigenvalue weighted by Crippen LogP contribution is 2.20. The molecule has 2 rings (SSSR count). The van der Waals surface area contributed by atoms with Crippen molar-refractivity contribution in [3.8, 4) is 5.75 Å². The molecule has 1 aliphatic rings. The van der Waals surface area contributed by atoms with Crippen LogP contribution in [0.15, 0.2) is 18.3 Å². The number of carbonyl (C=O) groups is 1. The number of pyridine rings is 1. The highest BCUT2D eigenvalue weighted by molar-refractivity contribution is 5.95. The Morgan fingerprint density at radius 2 is 2.39 bits per heavy atom. The second-order valence-corrected chi connectivity index (χ2v) is 4.14. The normalized spacial score (nSPS) is 23.3. The lowest BCUT2D eigenvalue weighted by Crippen LogP contribution is -2.30. The summed E-state index contributed by atoms with van der Waals surface area (Å²) >= 11 is 0. The molecule has 0 aromatic carbocycles. The first-order valence-corrected chi connectivity index (χ1v) is 5.86. The first kappa shape index (κ1) is 12.8. The second kappa shape index (κ2) is 5.32. The molecule has 1 saturated heterocycles.